The van der Waals surface area contributed by atoms with Gasteiger partial charge in [0, 0.05) is 37.5 Å². The van der Waals surface area contributed by atoms with E-state index in [0.717, 1.165) is 36.9 Å². The highest BCUT2D eigenvalue weighted by Gasteiger charge is 2.29. The first-order chi connectivity index (χ1) is 10.8. The van der Waals surface area contributed by atoms with Gasteiger partial charge in [-0.25, -0.2) is 0 Å². The molecule has 0 atom stereocenters. The summed E-state index contributed by atoms with van der Waals surface area (Å²) in [4.78, 5) is 18.4. The first-order valence-corrected chi connectivity index (χ1v) is 7.87. The summed E-state index contributed by atoms with van der Waals surface area (Å²) >= 11 is 0. The second-order valence-corrected chi connectivity index (χ2v) is 6.08. The smallest absolute Gasteiger partial charge is 0.227 e. The van der Waals surface area contributed by atoms with E-state index in [1.807, 2.05) is 17.3 Å². The first-order valence-electron chi connectivity index (χ1n) is 7.87. The van der Waals surface area contributed by atoms with Crippen LogP contribution in [0, 0.1) is 0 Å². The summed E-state index contributed by atoms with van der Waals surface area (Å²) in [6.45, 7) is 1.36. The molecular weight excluding hydrogens is 274 g/mol. The van der Waals surface area contributed by atoms with Crippen molar-refractivity contribution in [2.45, 2.75) is 32.2 Å². The van der Waals surface area contributed by atoms with Crippen molar-refractivity contribution in [1.82, 2.24) is 4.98 Å². The molecule has 0 saturated carbocycles. The number of carbonyl (C=O) groups excluding carboxylic acids is 1. The zero-order valence-electron chi connectivity index (χ0n) is 12.5. The van der Waals surface area contributed by atoms with Gasteiger partial charge in [0.25, 0.3) is 0 Å². The Morgan fingerprint density at radius 1 is 1.05 bits per heavy atom. The van der Waals surface area contributed by atoms with Gasteiger partial charge in [-0.1, -0.05) is 0 Å². The number of nitrogens with zero attached hydrogens (tertiary/aromatic N) is 2. The SMILES string of the molecule is NCc1cncc(-c2cc3c4c(c2)CCC(=O)N4CCC3)c1. The lowest BCUT2D eigenvalue weighted by Crippen LogP contribution is -2.39. The summed E-state index contributed by atoms with van der Waals surface area (Å²) in [5, 5.41) is 0. The third-order valence-electron chi connectivity index (χ3n) is 4.64. The lowest BCUT2D eigenvalue weighted by atomic mass is 9.88. The molecule has 0 fully saturated rings. The quantitative estimate of drug-likeness (QED) is 0.925. The molecule has 3 heterocycles. The molecule has 112 valence electrons. The van der Waals surface area contributed by atoms with E-state index >= 15 is 0 Å². The predicted octanol–water partition coefficient (Wildman–Crippen LogP) is 2.43. The van der Waals surface area contributed by atoms with E-state index in [9.17, 15) is 4.79 Å². The maximum atomic E-state index is 12.1. The third-order valence-corrected chi connectivity index (χ3v) is 4.64. The van der Waals surface area contributed by atoms with Crippen LogP contribution in [0.4, 0.5) is 5.69 Å². The van der Waals surface area contributed by atoms with Gasteiger partial charge in [-0.2, -0.15) is 0 Å². The van der Waals surface area contributed by atoms with Crippen LogP contribution in [0.5, 0.6) is 0 Å². The van der Waals surface area contributed by atoms with Crippen LogP contribution in [-0.4, -0.2) is 17.4 Å². The van der Waals surface area contributed by atoms with Crippen LogP contribution in [0.3, 0.4) is 0 Å². The molecule has 4 rings (SSSR count). The molecule has 2 N–H and O–H groups in total. The number of hydrogen-bond acceptors (Lipinski definition) is 3. The molecule has 2 aliphatic heterocycles. The molecule has 22 heavy (non-hydrogen) atoms. The normalized spacial score (nSPS) is 16.6. The van der Waals surface area contributed by atoms with E-state index in [-0.39, 0.29) is 5.91 Å². The molecule has 0 bridgehead atoms. The average Bonchev–Trinajstić information content (AvgIpc) is 2.58. The second-order valence-electron chi connectivity index (χ2n) is 6.08. The average molecular weight is 293 g/mol. The maximum Gasteiger partial charge on any atom is 0.227 e. The van der Waals surface area contributed by atoms with Crippen LogP contribution >= 0.6 is 0 Å². The number of nitrogens with two attached hydrogens (primary N) is 1. The van der Waals surface area contributed by atoms with E-state index in [2.05, 4.69) is 23.2 Å². The van der Waals surface area contributed by atoms with Crippen LogP contribution in [0.2, 0.25) is 0 Å². The fraction of sp³-hybridized carbons (Fsp3) is 0.333. The minimum absolute atomic E-state index is 0.271. The molecule has 0 spiro atoms. The number of amides is 1. The summed E-state index contributed by atoms with van der Waals surface area (Å²) in [5.41, 5.74) is 12.8. The van der Waals surface area contributed by atoms with E-state index in [1.54, 1.807) is 0 Å². The number of hydrogen-bond donors (Lipinski definition) is 1. The number of aromatic nitrogens is 1. The molecule has 1 aromatic heterocycles. The third kappa shape index (κ3) is 2.11. The van der Waals surface area contributed by atoms with Gasteiger partial charge in [-0.3, -0.25) is 9.78 Å². The van der Waals surface area contributed by atoms with Crippen LogP contribution in [0.1, 0.15) is 29.5 Å². The number of anilines is 1. The Labute approximate surface area is 130 Å². The van der Waals surface area contributed by atoms with Gasteiger partial charge >= 0.3 is 0 Å². The monoisotopic (exact) mass is 293 g/mol. The molecule has 0 saturated heterocycles. The van der Waals surface area contributed by atoms with Crippen LogP contribution in [0.15, 0.2) is 30.6 Å². The first kappa shape index (κ1) is 13.5. The Hall–Kier alpha value is -2.20. The highest BCUT2D eigenvalue weighted by atomic mass is 16.2. The molecule has 2 aromatic rings. The zero-order valence-corrected chi connectivity index (χ0v) is 12.5. The Balaban J connectivity index is 1.85. The Morgan fingerprint density at radius 3 is 2.68 bits per heavy atom. The summed E-state index contributed by atoms with van der Waals surface area (Å²) < 4.78 is 0. The number of rotatable bonds is 2. The van der Waals surface area contributed by atoms with Gasteiger partial charge in [0.1, 0.15) is 0 Å². The van der Waals surface area contributed by atoms with E-state index in [0.29, 0.717) is 13.0 Å². The number of aryl methyl sites for hydroxylation is 2. The van der Waals surface area contributed by atoms with Crippen molar-refractivity contribution in [2.24, 2.45) is 5.73 Å². The number of pyridine rings is 1. The van der Waals surface area contributed by atoms with Crippen LogP contribution in [0.25, 0.3) is 11.1 Å². The summed E-state index contributed by atoms with van der Waals surface area (Å²) in [5.74, 6) is 0.271. The highest BCUT2D eigenvalue weighted by molar-refractivity contribution is 5.98. The predicted molar refractivity (Wildman–Crippen MR) is 86.6 cm³/mol. The number of carbonyl (C=O) groups is 1. The van der Waals surface area contributed by atoms with Crippen molar-refractivity contribution < 1.29 is 4.79 Å². The Morgan fingerprint density at radius 2 is 1.86 bits per heavy atom. The van der Waals surface area contributed by atoms with Crippen molar-refractivity contribution in [3.8, 4) is 11.1 Å². The fourth-order valence-corrected chi connectivity index (χ4v) is 3.58. The summed E-state index contributed by atoms with van der Waals surface area (Å²) in [6.07, 6.45) is 7.26. The maximum absolute atomic E-state index is 12.1. The van der Waals surface area contributed by atoms with Gasteiger partial charge in [0.15, 0.2) is 0 Å². The van der Waals surface area contributed by atoms with Gasteiger partial charge in [-0.15, -0.1) is 0 Å². The molecule has 4 nitrogen and oxygen atoms in total. The minimum Gasteiger partial charge on any atom is -0.326 e. The topological polar surface area (TPSA) is 59.2 Å². The summed E-state index contributed by atoms with van der Waals surface area (Å²) in [6, 6.07) is 6.55. The minimum atomic E-state index is 0.271. The van der Waals surface area contributed by atoms with Crippen molar-refractivity contribution in [3.05, 3.63) is 47.3 Å². The van der Waals surface area contributed by atoms with E-state index < -0.39 is 0 Å². The fourth-order valence-electron chi connectivity index (χ4n) is 3.58. The second kappa shape index (κ2) is 5.21. The lowest BCUT2D eigenvalue weighted by Gasteiger charge is -2.35. The lowest BCUT2D eigenvalue weighted by molar-refractivity contribution is -0.119. The highest BCUT2D eigenvalue weighted by Crippen LogP contribution is 2.38. The molecule has 4 heteroatoms. The van der Waals surface area contributed by atoms with Crippen molar-refractivity contribution in [1.29, 1.82) is 0 Å². The van der Waals surface area contributed by atoms with Gasteiger partial charge in [0.2, 0.25) is 5.91 Å². The molecule has 0 aliphatic carbocycles. The van der Waals surface area contributed by atoms with Gasteiger partial charge in [0.05, 0.1) is 5.69 Å². The molecule has 0 unspecified atom stereocenters. The van der Waals surface area contributed by atoms with Gasteiger partial charge in [-0.05, 0) is 59.7 Å². The number of benzene rings is 1. The van der Waals surface area contributed by atoms with E-state index in [1.165, 1.54) is 22.4 Å². The molecule has 0 radical (unpaired) electrons. The standard InChI is InChI=1S/C18H19N3O/c19-9-12-6-16(11-20-10-12)15-7-13-2-1-5-21-17(22)4-3-14(8-15)18(13)21/h6-8,10-11H,1-5,9,19H2. The van der Waals surface area contributed by atoms with Crippen LogP contribution in [-0.2, 0) is 24.2 Å². The van der Waals surface area contributed by atoms with Gasteiger partial charge < -0.3 is 10.6 Å². The largest absolute Gasteiger partial charge is 0.326 e. The Bertz CT molecular complexity index is 737. The van der Waals surface area contributed by atoms with Crippen molar-refractivity contribution in [2.75, 3.05) is 11.4 Å². The molecular formula is C18H19N3O. The van der Waals surface area contributed by atoms with Crippen molar-refractivity contribution >= 4 is 11.6 Å². The van der Waals surface area contributed by atoms with Crippen LogP contribution < -0.4 is 10.6 Å². The Kier molecular flexibility index (Phi) is 3.19. The van der Waals surface area contributed by atoms with Crippen molar-refractivity contribution in [3.63, 3.8) is 0 Å². The summed E-state index contributed by atoms with van der Waals surface area (Å²) in [7, 11) is 0. The molecule has 1 aromatic carbocycles. The molecule has 2 aliphatic rings. The molecule has 1 amide bonds. The zero-order chi connectivity index (χ0) is 15.1. The van der Waals surface area contributed by atoms with E-state index in [4.69, 9.17) is 5.73 Å².